The molecule has 0 unspecified atom stereocenters. The van der Waals surface area contributed by atoms with Crippen LogP contribution in [0.2, 0.25) is 0 Å². The molecule has 4 heteroatoms. The first kappa shape index (κ1) is 8.95. The van der Waals surface area contributed by atoms with Crippen LogP contribution < -0.4 is 4.91 Å². The predicted molar refractivity (Wildman–Crippen MR) is 16.1 cm³/mol. The first-order chi connectivity index (χ1) is 1.41. The number of hydrogen-bond acceptors (Lipinski definition) is 2. The van der Waals surface area contributed by atoms with Crippen LogP contribution in [0.25, 0.3) is 0 Å². The largest absolute Gasteiger partial charge is 0.316 e. The van der Waals surface area contributed by atoms with Gasteiger partial charge in [-0.25, -0.2) is 0 Å². The van der Waals surface area contributed by atoms with Gasteiger partial charge in [-0.1, -0.05) is 0 Å². The van der Waals surface area contributed by atoms with E-state index in [0.29, 0.717) is 0 Å². The summed E-state index contributed by atoms with van der Waals surface area (Å²) in [5.74, 6) is 0. The minimum atomic E-state index is 0. The molecule has 20 valence electrons. The molecule has 0 aliphatic rings. The Morgan fingerprint density at radius 1 is 1.25 bits per heavy atom. The molecule has 4 heavy (non-hydrogen) atoms. The Hall–Kier alpha value is 0.0762. The van der Waals surface area contributed by atoms with E-state index in [1.165, 1.54) is 0 Å². The summed E-state index contributed by atoms with van der Waals surface area (Å²) in [6.07, 6.45) is 0. The summed E-state index contributed by atoms with van der Waals surface area (Å²) in [6.45, 7) is 0. The van der Waals surface area contributed by atoms with Gasteiger partial charge >= 0.3 is 23.1 Å². The zero-order chi connectivity index (χ0) is 2.71. The maximum absolute atomic E-state index is 5.50. The molecule has 0 aliphatic heterocycles. The maximum atomic E-state index is 5.50. The Balaban J connectivity index is 0. The van der Waals surface area contributed by atoms with Crippen LogP contribution in [0.3, 0.4) is 0 Å². The number of rotatable bonds is 0. The Morgan fingerprint density at radius 3 is 1.25 bits per heavy atom. The second-order valence-corrected chi connectivity index (χ2v) is 0.112. The van der Waals surface area contributed by atoms with E-state index in [4.69, 9.17) is 11.1 Å². The molecule has 3 nitrogen and oxygen atoms in total. The molecule has 0 saturated heterocycles. The van der Waals surface area contributed by atoms with E-state index in [0.717, 1.165) is 0 Å². The van der Waals surface area contributed by atoms with Crippen molar-refractivity contribution in [3.8, 4) is 0 Å². The van der Waals surface area contributed by atoms with Crippen molar-refractivity contribution in [2.24, 2.45) is 0 Å². The summed E-state index contributed by atoms with van der Waals surface area (Å²) >= 11 is 0. The Bertz CT molecular complexity index is 24.3. The highest BCUT2D eigenvalue weighted by molar-refractivity contribution is 5.75. The molecule has 0 rings (SSSR count). The van der Waals surface area contributed by atoms with E-state index in [1.54, 1.807) is 0 Å². The van der Waals surface area contributed by atoms with Crippen LogP contribution in [0.5, 0.6) is 0 Å². The zero-order valence-corrected chi connectivity index (χ0v) is 1.45. The van der Waals surface area contributed by atoms with Crippen molar-refractivity contribution in [1.29, 1.82) is 11.1 Å². The Labute approximate surface area is 39.6 Å². The molecule has 0 fully saturated rings. The lowest BCUT2D eigenvalue weighted by Crippen LogP contribution is -1.24. The van der Waals surface area contributed by atoms with E-state index in [9.17, 15) is 0 Å². The third-order valence-corrected chi connectivity index (χ3v) is 0. The number of nitrogens with one attached hydrogen (secondary N) is 2. The SMILES string of the molecule is N=[N+]=N.[MgH2]. The van der Waals surface area contributed by atoms with Gasteiger partial charge in [0.15, 0.2) is 0 Å². The lowest BCUT2D eigenvalue weighted by molar-refractivity contribution is 0.928. The van der Waals surface area contributed by atoms with Crippen LogP contribution in [0.15, 0.2) is 0 Å². The third kappa shape index (κ3) is 414. The fraction of sp³-hybridized carbons (Fsp3) is 0. The molecule has 0 spiro atoms. The van der Waals surface area contributed by atoms with Gasteiger partial charge in [-0.05, 0) is 0 Å². The maximum Gasteiger partial charge on any atom is 0.316 e. The third-order valence-electron chi connectivity index (χ3n) is 0. The smallest absolute Gasteiger partial charge is 0.103 e. The van der Waals surface area contributed by atoms with E-state index in [-0.39, 0.29) is 23.1 Å². The molecule has 0 amide bonds. The highest BCUT2D eigenvalue weighted by Crippen LogP contribution is 0.841. The highest BCUT2D eigenvalue weighted by Gasteiger charge is 1.16. The van der Waals surface area contributed by atoms with Crippen molar-refractivity contribution in [3.05, 3.63) is 0 Å². The van der Waals surface area contributed by atoms with E-state index < -0.39 is 0 Å². The fourth-order valence-corrected chi connectivity index (χ4v) is 0. The minimum absolute atomic E-state index is 0. The van der Waals surface area contributed by atoms with E-state index in [1.807, 2.05) is 4.91 Å². The second-order valence-electron chi connectivity index (χ2n) is 0.112. The van der Waals surface area contributed by atoms with Crippen LogP contribution in [-0.4, -0.2) is 23.1 Å². The molecular weight excluding hydrogens is 66.3 g/mol. The Morgan fingerprint density at radius 2 is 1.25 bits per heavy atom. The van der Waals surface area contributed by atoms with Crippen LogP contribution in [0.1, 0.15) is 0 Å². The van der Waals surface area contributed by atoms with Gasteiger partial charge in [-0.2, -0.15) is 0 Å². The fourth-order valence-electron chi connectivity index (χ4n) is 0. The van der Waals surface area contributed by atoms with Gasteiger partial charge in [0, 0.05) is 0 Å². The monoisotopic (exact) mass is 70.0 g/mol. The normalized spacial score (nSPS) is 2.00. The van der Waals surface area contributed by atoms with E-state index >= 15 is 0 Å². The van der Waals surface area contributed by atoms with Gasteiger partial charge in [0.1, 0.15) is 11.1 Å². The number of nitrogens with zero attached hydrogens (tertiary/aromatic N) is 1. The molecule has 0 aromatic rings. The zero-order valence-electron chi connectivity index (χ0n) is 1.45. The van der Waals surface area contributed by atoms with Crippen molar-refractivity contribution in [3.63, 3.8) is 0 Å². The summed E-state index contributed by atoms with van der Waals surface area (Å²) in [6, 6.07) is 0. The van der Waals surface area contributed by atoms with Crippen molar-refractivity contribution < 1.29 is 0 Å². The van der Waals surface area contributed by atoms with Crippen molar-refractivity contribution in [1.82, 2.24) is 4.91 Å². The average Bonchev–Trinajstić information content (AvgIpc) is 0.918. The molecule has 0 bridgehead atoms. The van der Waals surface area contributed by atoms with Crippen LogP contribution in [0, 0.1) is 11.1 Å². The van der Waals surface area contributed by atoms with Gasteiger partial charge in [-0.15, -0.1) is 0 Å². The van der Waals surface area contributed by atoms with Gasteiger partial charge in [0.05, 0.1) is 0 Å². The molecule has 2 N–H and O–H groups in total. The van der Waals surface area contributed by atoms with Crippen molar-refractivity contribution in [2.45, 2.75) is 0 Å². The topological polar surface area (TPSA) is 61.8 Å². The summed E-state index contributed by atoms with van der Waals surface area (Å²) in [4.78, 5) is 2.00. The molecule has 0 atom stereocenters. The van der Waals surface area contributed by atoms with Crippen LogP contribution >= 0.6 is 0 Å². The Kier molecular flexibility index (Phi) is 25.6. The molecule has 0 aliphatic carbocycles. The first-order valence-electron chi connectivity index (χ1n) is 0.447. The molecule has 0 heterocycles. The summed E-state index contributed by atoms with van der Waals surface area (Å²) < 4.78 is 0. The van der Waals surface area contributed by atoms with E-state index in [2.05, 4.69) is 0 Å². The number of hydrogen-bond donors (Lipinski definition) is 2. The predicted octanol–water partition coefficient (Wildman–Crippen LogP) is -0.801. The second kappa shape index (κ2) is 11.4. The minimum Gasteiger partial charge on any atom is 0.103 e. The van der Waals surface area contributed by atoms with Crippen molar-refractivity contribution >= 4 is 23.1 Å². The van der Waals surface area contributed by atoms with Crippen LogP contribution in [-0.2, 0) is 0 Å². The first-order valence-corrected chi connectivity index (χ1v) is 0.447. The quantitative estimate of drug-likeness (QED) is 0.213. The molecule has 0 saturated carbocycles. The lowest BCUT2D eigenvalue weighted by Gasteiger charge is -0.844. The van der Waals surface area contributed by atoms with Gasteiger partial charge in [0.2, 0.25) is 4.91 Å². The lowest BCUT2D eigenvalue weighted by atomic mass is 13.0. The van der Waals surface area contributed by atoms with Gasteiger partial charge in [-0.3, -0.25) is 0 Å². The molecule has 0 aromatic heterocycles. The standard InChI is InChI=1S/Mg.H2N3.2H/c;1-3-2;;/h;1-2H;;/q;+1;;. The molecular formula is H4MgN3+. The average molecular weight is 70.4 g/mol. The summed E-state index contributed by atoms with van der Waals surface area (Å²) in [5, 5.41) is 0. The van der Waals surface area contributed by atoms with Gasteiger partial charge in [0.25, 0.3) is 0 Å². The highest BCUT2D eigenvalue weighted by atomic mass is 24.3. The molecule has 0 aromatic carbocycles. The van der Waals surface area contributed by atoms with Gasteiger partial charge < -0.3 is 0 Å². The molecule has 0 radical (unpaired) electrons. The summed E-state index contributed by atoms with van der Waals surface area (Å²) in [5.41, 5.74) is 11.0. The summed E-state index contributed by atoms with van der Waals surface area (Å²) in [7, 11) is 0. The van der Waals surface area contributed by atoms with Crippen LogP contribution in [0.4, 0.5) is 0 Å². The van der Waals surface area contributed by atoms with Crippen molar-refractivity contribution in [2.75, 3.05) is 0 Å².